The second-order valence-electron chi connectivity index (χ2n) is 8.43. The molecule has 0 aliphatic heterocycles. The van der Waals surface area contributed by atoms with E-state index in [0.717, 1.165) is 6.42 Å². The summed E-state index contributed by atoms with van der Waals surface area (Å²) in [7, 11) is -1.56. The van der Waals surface area contributed by atoms with Gasteiger partial charge in [-0.2, -0.15) is 0 Å². The molecule has 0 aromatic carbocycles. The first-order valence-electron chi connectivity index (χ1n) is 8.63. The van der Waals surface area contributed by atoms with Crippen molar-refractivity contribution in [2.45, 2.75) is 85.0 Å². The van der Waals surface area contributed by atoms with Crippen LogP contribution in [0.5, 0.6) is 0 Å². The Morgan fingerprint density at radius 2 is 1.77 bits per heavy atom. The summed E-state index contributed by atoms with van der Waals surface area (Å²) < 4.78 is 11.6. The quantitative estimate of drug-likeness (QED) is 0.378. The molecule has 1 fully saturated rings. The first-order valence-corrected chi connectivity index (χ1v) is 12.0. The summed E-state index contributed by atoms with van der Waals surface area (Å²) in [4.78, 5) is 11.7. The first kappa shape index (κ1) is 19.4. The molecular formula is C18H34O3Si. The lowest BCUT2D eigenvalue weighted by Crippen LogP contribution is -2.36. The predicted molar refractivity (Wildman–Crippen MR) is 94.1 cm³/mol. The van der Waals surface area contributed by atoms with Crippen LogP contribution in [0.4, 0.5) is 0 Å². The van der Waals surface area contributed by atoms with E-state index in [4.69, 9.17) is 9.16 Å². The second-order valence-corrected chi connectivity index (χ2v) is 12.9. The number of carbonyl (C=O) groups excluding carboxylic acids is 1. The number of hydrogen-bond acceptors (Lipinski definition) is 3. The third-order valence-electron chi connectivity index (χ3n) is 3.93. The molecule has 0 amide bonds. The predicted octanol–water partition coefficient (Wildman–Crippen LogP) is 5.28. The van der Waals surface area contributed by atoms with Crippen molar-refractivity contribution in [3.8, 4) is 0 Å². The van der Waals surface area contributed by atoms with E-state index < -0.39 is 13.7 Å². The number of rotatable bonds is 6. The van der Waals surface area contributed by atoms with Crippen LogP contribution in [0.2, 0.25) is 19.6 Å². The SMILES string of the molecule is CC(C)(C)C(=O)O/C=C\CC(O[Si](C)(C)C)C1CCCCC1. The smallest absolute Gasteiger partial charge is 0.316 e. The van der Waals surface area contributed by atoms with E-state index in [-0.39, 0.29) is 12.1 Å². The van der Waals surface area contributed by atoms with Crippen molar-refractivity contribution < 1.29 is 14.0 Å². The van der Waals surface area contributed by atoms with Crippen LogP contribution in [0.25, 0.3) is 0 Å². The average molecular weight is 327 g/mol. The fraction of sp³-hybridized carbons (Fsp3) is 0.833. The third kappa shape index (κ3) is 7.59. The monoisotopic (exact) mass is 326 g/mol. The van der Waals surface area contributed by atoms with Crippen molar-refractivity contribution in [1.29, 1.82) is 0 Å². The molecular weight excluding hydrogens is 292 g/mol. The van der Waals surface area contributed by atoms with Gasteiger partial charge in [0.15, 0.2) is 8.32 Å². The molecule has 0 saturated heterocycles. The van der Waals surface area contributed by atoms with Crippen LogP contribution in [0.3, 0.4) is 0 Å². The zero-order chi connectivity index (χ0) is 16.8. The minimum Gasteiger partial charge on any atom is -0.434 e. The molecule has 0 aromatic heterocycles. The number of carbonyl (C=O) groups is 1. The lowest BCUT2D eigenvalue weighted by molar-refractivity contribution is -0.146. The van der Waals surface area contributed by atoms with E-state index in [1.54, 1.807) is 6.26 Å². The van der Waals surface area contributed by atoms with Crippen LogP contribution in [0, 0.1) is 11.3 Å². The lowest BCUT2D eigenvalue weighted by Gasteiger charge is -2.34. The highest BCUT2D eigenvalue weighted by Crippen LogP contribution is 2.31. The fourth-order valence-electron chi connectivity index (χ4n) is 2.77. The van der Waals surface area contributed by atoms with Gasteiger partial charge in [0.05, 0.1) is 17.8 Å². The van der Waals surface area contributed by atoms with Gasteiger partial charge in [-0.1, -0.05) is 19.3 Å². The van der Waals surface area contributed by atoms with Gasteiger partial charge in [0, 0.05) is 0 Å². The summed E-state index contributed by atoms with van der Waals surface area (Å²) in [6, 6.07) is 0. The number of hydrogen-bond donors (Lipinski definition) is 0. The summed E-state index contributed by atoms with van der Waals surface area (Å²) in [5.41, 5.74) is -0.456. The zero-order valence-corrected chi connectivity index (χ0v) is 16.3. The van der Waals surface area contributed by atoms with Gasteiger partial charge in [0.1, 0.15) is 0 Å². The molecule has 1 atom stereocenters. The molecule has 0 radical (unpaired) electrons. The highest BCUT2D eigenvalue weighted by Gasteiger charge is 2.28. The molecule has 0 heterocycles. The average Bonchev–Trinajstić information content (AvgIpc) is 2.40. The number of ether oxygens (including phenoxy) is 1. The Morgan fingerprint density at radius 3 is 2.27 bits per heavy atom. The molecule has 0 aromatic rings. The maximum absolute atomic E-state index is 11.7. The first-order chi connectivity index (χ1) is 10.1. The Hall–Kier alpha value is -0.613. The lowest BCUT2D eigenvalue weighted by atomic mass is 9.84. The molecule has 0 spiro atoms. The van der Waals surface area contributed by atoms with E-state index in [1.165, 1.54) is 32.1 Å². The largest absolute Gasteiger partial charge is 0.434 e. The van der Waals surface area contributed by atoms with Crippen molar-refractivity contribution in [3.05, 3.63) is 12.3 Å². The Balaban J connectivity index is 2.55. The van der Waals surface area contributed by atoms with Gasteiger partial charge in [-0.05, 0) is 71.7 Å². The van der Waals surface area contributed by atoms with Gasteiger partial charge >= 0.3 is 5.97 Å². The van der Waals surface area contributed by atoms with Crippen molar-refractivity contribution in [2.75, 3.05) is 0 Å². The minimum atomic E-state index is -1.56. The van der Waals surface area contributed by atoms with Crippen LogP contribution in [-0.4, -0.2) is 20.4 Å². The van der Waals surface area contributed by atoms with Gasteiger partial charge in [-0.25, -0.2) is 0 Å². The Labute approximate surface area is 137 Å². The van der Waals surface area contributed by atoms with E-state index in [1.807, 2.05) is 26.8 Å². The molecule has 3 nitrogen and oxygen atoms in total. The molecule has 128 valence electrons. The summed E-state index contributed by atoms with van der Waals surface area (Å²) in [5, 5.41) is 0. The van der Waals surface area contributed by atoms with Crippen LogP contribution in [0.1, 0.15) is 59.3 Å². The standard InChI is InChI=1S/C18H34O3Si/c1-18(2,3)17(19)20-14-10-13-16(21-22(4,5)6)15-11-8-7-9-12-15/h10,14-16H,7-9,11-13H2,1-6H3/b14-10-. The molecule has 1 saturated carbocycles. The molecule has 1 aliphatic rings. The molecule has 1 aliphatic carbocycles. The van der Waals surface area contributed by atoms with Gasteiger partial charge in [0.25, 0.3) is 0 Å². The van der Waals surface area contributed by atoms with Gasteiger partial charge in [-0.3, -0.25) is 4.79 Å². The van der Waals surface area contributed by atoms with Crippen LogP contribution in [0.15, 0.2) is 12.3 Å². The second kappa shape index (κ2) is 8.30. The van der Waals surface area contributed by atoms with Crippen LogP contribution in [-0.2, 0) is 14.0 Å². The maximum Gasteiger partial charge on any atom is 0.316 e. The highest BCUT2D eigenvalue weighted by atomic mass is 28.4. The molecule has 0 bridgehead atoms. The maximum atomic E-state index is 11.7. The Morgan fingerprint density at radius 1 is 1.18 bits per heavy atom. The summed E-state index contributed by atoms with van der Waals surface area (Å²) in [5.74, 6) is 0.465. The molecule has 4 heteroatoms. The van der Waals surface area contributed by atoms with Crippen molar-refractivity contribution in [3.63, 3.8) is 0 Å². The van der Waals surface area contributed by atoms with Gasteiger partial charge < -0.3 is 9.16 Å². The van der Waals surface area contributed by atoms with Crippen molar-refractivity contribution >= 4 is 14.3 Å². The van der Waals surface area contributed by atoms with Crippen LogP contribution < -0.4 is 0 Å². The van der Waals surface area contributed by atoms with Crippen molar-refractivity contribution in [1.82, 2.24) is 0 Å². The van der Waals surface area contributed by atoms with E-state index in [9.17, 15) is 4.79 Å². The Bertz CT molecular complexity index is 371. The van der Waals surface area contributed by atoms with E-state index in [0.29, 0.717) is 5.92 Å². The van der Waals surface area contributed by atoms with Crippen molar-refractivity contribution in [2.24, 2.45) is 11.3 Å². The fourth-order valence-corrected chi connectivity index (χ4v) is 3.97. The molecule has 22 heavy (non-hydrogen) atoms. The molecule has 0 N–H and O–H groups in total. The minimum absolute atomic E-state index is 0.191. The summed E-state index contributed by atoms with van der Waals surface area (Å²) in [6.45, 7) is 12.3. The third-order valence-corrected chi connectivity index (χ3v) is 4.94. The zero-order valence-electron chi connectivity index (χ0n) is 15.3. The van der Waals surface area contributed by atoms with E-state index in [2.05, 4.69) is 19.6 Å². The van der Waals surface area contributed by atoms with Crippen LogP contribution >= 0.6 is 0 Å². The Kier molecular flexibility index (Phi) is 7.33. The highest BCUT2D eigenvalue weighted by molar-refractivity contribution is 6.69. The summed E-state index contributed by atoms with van der Waals surface area (Å²) in [6.07, 6.45) is 11.2. The topological polar surface area (TPSA) is 35.5 Å². The van der Waals surface area contributed by atoms with E-state index >= 15 is 0 Å². The summed E-state index contributed by atoms with van der Waals surface area (Å²) >= 11 is 0. The molecule has 1 unspecified atom stereocenters. The number of esters is 1. The molecule has 1 rings (SSSR count). The van der Waals surface area contributed by atoms with Gasteiger partial charge in [-0.15, -0.1) is 0 Å². The van der Waals surface area contributed by atoms with Gasteiger partial charge in [0.2, 0.25) is 0 Å². The normalized spacial score (nSPS) is 19.4.